The molecule has 0 heterocycles. The van der Waals surface area contributed by atoms with Crippen LogP contribution in [-0.2, 0) is 0 Å². The van der Waals surface area contributed by atoms with E-state index in [0.29, 0.717) is 12.0 Å². The van der Waals surface area contributed by atoms with Crippen LogP contribution >= 0.6 is 15.9 Å². The fraction of sp³-hybridized carbons (Fsp3) is 0.562. The number of aliphatic imine (C=N–C) groups is 1. The van der Waals surface area contributed by atoms with E-state index < -0.39 is 0 Å². The highest BCUT2D eigenvalue weighted by Gasteiger charge is 2.39. The van der Waals surface area contributed by atoms with E-state index in [1.807, 2.05) is 7.05 Å². The van der Waals surface area contributed by atoms with Gasteiger partial charge in [0.1, 0.15) is 0 Å². The number of unbranched alkanes of at least 4 members (excludes halogenated alkanes) is 1. The molecular formula is C16H24BrN3. The van der Waals surface area contributed by atoms with Gasteiger partial charge in [0, 0.05) is 37.1 Å². The van der Waals surface area contributed by atoms with E-state index in [9.17, 15) is 0 Å². The van der Waals surface area contributed by atoms with Gasteiger partial charge >= 0.3 is 0 Å². The Morgan fingerprint density at radius 1 is 1.40 bits per heavy atom. The average molecular weight is 338 g/mol. The maximum atomic E-state index is 4.39. The van der Waals surface area contributed by atoms with E-state index in [1.165, 1.54) is 24.8 Å². The second kappa shape index (κ2) is 7.11. The summed E-state index contributed by atoms with van der Waals surface area (Å²) in [6.45, 7) is 3.28. The van der Waals surface area contributed by atoms with Crippen LogP contribution in [0.3, 0.4) is 0 Å². The predicted octanol–water partition coefficient (Wildman–Crippen LogP) is 3.61. The molecule has 0 bridgehead atoms. The van der Waals surface area contributed by atoms with E-state index in [-0.39, 0.29) is 0 Å². The van der Waals surface area contributed by atoms with Crippen molar-refractivity contribution in [2.75, 3.05) is 20.6 Å². The molecule has 0 aromatic heterocycles. The van der Waals surface area contributed by atoms with Crippen molar-refractivity contribution in [3.05, 3.63) is 34.3 Å². The normalized spacial score (nSPS) is 21.7. The Balaban J connectivity index is 1.87. The highest BCUT2D eigenvalue weighted by atomic mass is 79.9. The number of nitrogens with one attached hydrogen (secondary N) is 1. The minimum atomic E-state index is 0.527. The van der Waals surface area contributed by atoms with Crippen molar-refractivity contribution in [3.63, 3.8) is 0 Å². The Labute approximate surface area is 130 Å². The monoisotopic (exact) mass is 337 g/mol. The van der Waals surface area contributed by atoms with E-state index in [4.69, 9.17) is 0 Å². The first-order valence-electron chi connectivity index (χ1n) is 7.35. The van der Waals surface area contributed by atoms with Crippen LogP contribution in [-0.4, -0.2) is 37.5 Å². The van der Waals surface area contributed by atoms with Crippen LogP contribution in [0.2, 0.25) is 0 Å². The number of benzene rings is 1. The highest BCUT2D eigenvalue weighted by Crippen LogP contribution is 2.41. The van der Waals surface area contributed by atoms with Gasteiger partial charge in [-0.05, 0) is 30.5 Å². The molecule has 1 saturated carbocycles. The lowest BCUT2D eigenvalue weighted by atomic mass is 10.1. The molecule has 110 valence electrons. The molecule has 0 aliphatic heterocycles. The highest BCUT2D eigenvalue weighted by molar-refractivity contribution is 9.10. The van der Waals surface area contributed by atoms with Gasteiger partial charge in [-0.15, -0.1) is 0 Å². The predicted molar refractivity (Wildman–Crippen MR) is 89.3 cm³/mol. The number of nitrogens with zero attached hydrogens (tertiary/aromatic N) is 2. The van der Waals surface area contributed by atoms with Crippen LogP contribution in [0.4, 0.5) is 0 Å². The fourth-order valence-corrected chi connectivity index (χ4v) is 2.71. The Bertz CT molecular complexity index is 455. The average Bonchev–Trinajstić information content (AvgIpc) is 3.22. The van der Waals surface area contributed by atoms with Crippen molar-refractivity contribution in [2.45, 2.75) is 38.1 Å². The lowest BCUT2D eigenvalue weighted by Crippen LogP contribution is -2.40. The first kappa shape index (κ1) is 15.4. The van der Waals surface area contributed by atoms with Gasteiger partial charge in [0.15, 0.2) is 5.96 Å². The van der Waals surface area contributed by atoms with Gasteiger partial charge in [-0.3, -0.25) is 4.99 Å². The summed E-state index contributed by atoms with van der Waals surface area (Å²) in [4.78, 5) is 6.61. The van der Waals surface area contributed by atoms with Crippen molar-refractivity contribution in [1.29, 1.82) is 0 Å². The maximum absolute atomic E-state index is 4.39. The molecule has 3 nitrogen and oxygen atoms in total. The van der Waals surface area contributed by atoms with E-state index >= 15 is 0 Å². The molecule has 20 heavy (non-hydrogen) atoms. The van der Waals surface area contributed by atoms with Crippen molar-refractivity contribution >= 4 is 21.9 Å². The van der Waals surface area contributed by atoms with Crippen molar-refractivity contribution in [3.8, 4) is 0 Å². The lowest BCUT2D eigenvalue weighted by Gasteiger charge is -2.22. The van der Waals surface area contributed by atoms with Gasteiger partial charge in [0.25, 0.3) is 0 Å². The molecule has 4 heteroatoms. The molecule has 0 radical (unpaired) electrons. The van der Waals surface area contributed by atoms with Crippen LogP contribution in [0, 0.1) is 0 Å². The standard InChI is InChI=1S/C16H24BrN3/c1-4-5-10-20(3)16(18-2)19-15-11-14(15)12-6-8-13(17)9-7-12/h6-9,14-15H,4-5,10-11H2,1-3H3,(H,18,19). The second-order valence-electron chi connectivity index (χ2n) is 5.47. The molecule has 1 aromatic rings. The zero-order valence-electron chi connectivity index (χ0n) is 12.6. The Kier molecular flexibility index (Phi) is 5.46. The molecule has 0 spiro atoms. The number of halogens is 1. The number of rotatable bonds is 5. The molecule has 0 saturated heterocycles. The second-order valence-corrected chi connectivity index (χ2v) is 6.38. The molecule has 2 rings (SSSR count). The molecule has 0 amide bonds. The van der Waals surface area contributed by atoms with Crippen molar-refractivity contribution in [1.82, 2.24) is 10.2 Å². The topological polar surface area (TPSA) is 27.6 Å². The van der Waals surface area contributed by atoms with E-state index in [0.717, 1.165) is 17.0 Å². The van der Waals surface area contributed by atoms with Crippen LogP contribution in [0.15, 0.2) is 33.7 Å². The van der Waals surface area contributed by atoms with Gasteiger partial charge < -0.3 is 10.2 Å². The zero-order chi connectivity index (χ0) is 14.5. The number of hydrogen-bond donors (Lipinski definition) is 1. The largest absolute Gasteiger partial charge is 0.353 e. The van der Waals surface area contributed by atoms with Crippen LogP contribution in [0.25, 0.3) is 0 Å². The van der Waals surface area contributed by atoms with Crippen molar-refractivity contribution < 1.29 is 0 Å². The van der Waals surface area contributed by atoms with Gasteiger partial charge in [-0.1, -0.05) is 41.4 Å². The third-order valence-corrected chi connectivity index (χ3v) is 4.35. The third kappa shape index (κ3) is 3.98. The quantitative estimate of drug-likeness (QED) is 0.656. The molecule has 1 aromatic carbocycles. The summed E-state index contributed by atoms with van der Waals surface area (Å²) in [5.74, 6) is 1.64. The minimum absolute atomic E-state index is 0.527. The smallest absolute Gasteiger partial charge is 0.193 e. The van der Waals surface area contributed by atoms with Gasteiger partial charge in [0.05, 0.1) is 0 Å². The Hall–Kier alpha value is -1.03. The summed E-state index contributed by atoms with van der Waals surface area (Å²) >= 11 is 3.48. The molecule has 1 N–H and O–H groups in total. The van der Waals surface area contributed by atoms with Gasteiger partial charge in [-0.2, -0.15) is 0 Å². The van der Waals surface area contributed by atoms with Crippen molar-refractivity contribution in [2.24, 2.45) is 4.99 Å². The number of hydrogen-bond acceptors (Lipinski definition) is 1. The SMILES string of the molecule is CCCCN(C)C(=NC)NC1CC1c1ccc(Br)cc1. The van der Waals surface area contributed by atoms with Crippen LogP contribution < -0.4 is 5.32 Å². The van der Waals surface area contributed by atoms with E-state index in [2.05, 4.69) is 69.4 Å². The molecular weight excluding hydrogens is 314 g/mol. The van der Waals surface area contributed by atoms with Crippen LogP contribution in [0.1, 0.15) is 37.7 Å². The first-order valence-corrected chi connectivity index (χ1v) is 8.15. The molecule has 2 atom stereocenters. The Morgan fingerprint density at radius 2 is 2.10 bits per heavy atom. The van der Waals surface area contributed by atoms with Gasteiger partial charge in [-0.25, -0.2) is 0 Å². The van der Waals surface area contributed by atoms with Crippen LogP contribution in [0.5, 0.6) is 0 Å². The lowest BCUT2D eigenvalue weighted by molar-refractivity contribution is 0.464. The molecule has 1 aliphatic carbocycles. The summed E-state index contributed by atoms with van der Waals surface area (Å²) in [6.07, 6.45) is 3.62. The third-order valence-electron chi connectivity index (χ3n) is 3.82. The maximum Gasteiger partial charge on any atom is 0.193 e. The summed E-state index contributed by atoms with van der Waals surface area (Å²) in [6, 6.07) is 9.18. The molecule has 1 aliphatic rings. The summed E-state index contributed by atoms with van der Waals surface area (Å²) < 4.78 is 1.14. The Morgan fingerprint density at radius 3 is 2.70 bits per heavy atom. The zero-order valence-corrected chi connectivity index (χ0v) is 14.2. The summed E-state index contributed by atoms with van der Waals surface area (Å²) in [7, 11) is 3.98. The number of guanidine groups is 1. The summed E-state index contributed by atoms with van der Waals surface area (Å²) in [5, 5.41) is 3.58. The minimum Gasteiger partial charge on any atom is -0.353 e. The molecule has 2 unspecified atom stereocenters. The summed E-state index contributed by atoms with van der Waals surface area (Å²) in [5.41, 5.74) is 1.41. The van der Waals surface area contributed by atoms with E-state index in [1.54, 1.807) is 0 Å². The van der Waals surface area contributed by atoms with Gasteiger partial charge in [0.2, 0.25) is 0 Å². The fourth-order valence-electron chi connectivity index (χ4n) is 2.45. The molecule has 1 fully saturated rings. The first-order chi connectivity index (χ1) is 9.65.